The average Bonchev–Trinajstić information content (AvgIpc) is 2.60. The van der Waals surface area contributed by atoms with Crippen molar-refractivity contribution in [1.82, 2.24) is 4.90 Å². The number of rotatable bonds is 3. The van der Waals surface area contributed by atoms with Crippen molar-refractivity contribution < 1.29 is 9.59 Å². The number of likely N-dealkylation sites (N-methyl/N-ethyl adjacent to an activating group) is 1. The summed E-state index contributed by atoms with van der Waals surface area (Å²) in [7, 11) is 0. The molecule has 0 N–H and O–H groups in total. The Labute approximate surface area is 142 Å². The number of aryl methyl sites for hydroxylation is 1. The number of carbonyl (C=O) groups excluding carboxylic acids is 2. The SMILES string of the molecule is C=C(c1ccc(C)cc1)C1(C)C(=O)c2ccccc2C(=O)N1CC. The molecule has 122 valence electrons. The summed E-state index contributed by atoms with van der Waals surface area (Å²) in [6.07, 6.45) is 0. The van der Waals surface area contributed by atoms with Crippen LogP contribution in [0.15, 0.2) is 55.1 Å². The van der Waals surface area contributed by atoms with Gasteiger partial charge < -0.3 is 4.90 Å². The minimum absolute atomic E-state index is 0.0786. The van der Waals surface area contributed by atoms with Gasteiger partial charge in [-0.2, -0.15) is 0 Å². The van der Waals surface area contributed by atoms with Crippen LogP contribution in [0.3, 0.4) is 0 Å². The van der Waals surface area contributed by atoms with E-state index in [2.05, 4.69) is 6.58 Å². The Morgan fingerprint density at radius 2 is 1.62 bits per heavy atom. The summed E-state index contributed by atoms with van der Waals surface area (Å²) in [5, 5.41) is 0. The topological polar surface area (TPSA) is 37.4 Å². The Kier molecular flexibility index (Phi) is 3.88. The van der Waals surface area contributed by atoms with Crippen LogP contribution in [0.1, 0.15) is 45.7 Å². The van der Waals surface area contributed by atoms with Crippen molar-refractivity contribution in [2.75, 3.05) is 6.54 Å². The fraction of sp³-hybridized carbons (Fsp3) is 0.238. The third kappa shape index (κ3) is 2.20. The lowest BCUT2D eigenvalue weighted by Crippen LogP contribution is -2.59. The molecule has 0 fully saturated rings. The van der Waals surface area contributed by atoms with Gasteiger partial charge >= 0.3 is 0 Å². The Morgan fingerprint density at radius 1 is 1.04 bits per heavy atom. The molecule has 0 bridgehead atoms. The van der Waals surface area contributed by atoms with E-state index in [9.17, 15) is 9.59 Å². The first kappa shape index (κ1) is 16.2. The summed E-state index contributed by atoms with van der Waals surface area (Å²) in [6, 6.07) is 14.9. The molecule has 3 nitrogen and oxygen atoms in total. The van der Waals surface area contributed by atoms with Crippen LogP contribution in [0.25, 0.3) is 5.57 Å². The van der Waals surface area contributed by atoms with E-state index >= 15 is 0 Å². The third-order valence-electron chi connectivity index (χ3n) is 4.93. The Hall–Kier alpha value is -2.68. The fourth-order valence-electron chi connectivity index (χ4n) is 3.40. The molecular formula is C21H21NO2. The number of hydrogen-bond donors (Lipinski definition) is 0. The van der Waals surface area contributed by atoms with Gasteiger partial charge in [0.15, 0.2) is 5.78 Å². The molecular weight excluding hydrogens is 298 g/mol. The molecule has 2 aromatic rings. The van der Waals surface area contributed by atoms with Crippen LogP contribution in [0.2, 0.25) is 0 Å². The van der Waals surface area contributed by atoms with Gasteiger partial charge in [-0.3, -0.25) is 9.59 Å². The minimum Gasteiger partial charge on any atom is -0.322 e. The number of benzene rings is 2. The number of ketones is 1. The molecule has 1 amide bonds. The summed E-state index contributed by atoms with van der Waals surface area (Å²) in [6.45, 7) is 10.3. The quantitative estimate of drug-likeness (QED) is 0.853. The second-order valence-electron chi connectivity index (χ2n) is 6.34. The maximum atomic E-state index is 13.3. The van der Waals surface area contributed by atoms with Crippen LogP contribution in [-0.2, 0) is 0 Å². The largest absolute Gasteiger partial charge is 0.322 e. The molecule has 1 heterocycles. The van der Waals surface area contributed by atoms with E-state index in [-0.39, 0.29) is 11.7 Å². The molecule has 0 aromatic heterocycles. The molecule has 0 saturated heterocycles. The molecule has 1 aliphatic rings. The molecule has 0 saturated carbocycles. The number of carbonyl (C=O) groups is 2. The molecule has 1 unspecified atom stereocenters. The Morgan fingerprint density at radius 3 is 2.21 bits per heavy atom. The molecule has 1 atom stereocenters. The first-order valence-electron chi connectivity index (χ1n) is 8.13. The predicted octanol–water partition coefficient (Wildman–Crippen LogP) is 4.13. The van der Waals surface area contributed by atoms with Crippen molar-refractivity contribution >= 4 is 17.3 Å². The second-order valence-corrected chi connectivity index (χ2v) is 6.34. The molecule has 0 aliphatic carbocycles. The highest BCUT2D eigenvalue weighted by molar-refractivity contribution is 6.21. The predicted molar refractivity (Wildman–Crippen MR) is 96.1 cm³/mol. The normalized spacial score (nSPS) is 20.0. The van der Waals surface area contributed by atoms with E-state index in [1.807, 2.05) is 38.1 Å². The van der Waals surface area contributed by atoms with E-state index in [1.165, 1.54) is 0 Å². The summed E-state index contributed by atoms with van der Waals surface area (Å²) in [4.78, 5) is 27.8. The van der Waals surface area contributed by atoms with E-state index in [0.717, 1.165) is 11.1 Å². The van der Waals surface area contributed by atoms with Crippen LogP contribution in [-0.4, -0.2) is 28.7 Å². The summed E-state index contributed by atoms with van der Waals surface area (Å²) < 4.78 is 0. The van der Waals surface area contributed by atoms with Gasteiger partial charge in [-0.15, -0.1) is 0 Å². The van der Waals surface area contributed by atoms with Gasteiger partial charge in [-0.25, -0.2) is 0 Å². The zero-order chi connectivity index (χ0) is 17.5. The van der Waals surface area contributed by atoms with Crippen molar-refractivity contribution in [3.05, 3.63) is 77.4 Å². The number of fused-ring (bicyclic) bond motifs is 1. The van der Waals surface area contributed by atoms with Crippen LogP contribution < -0.4 is 0 Å². The van der Waals surface area contributed by atoms with Crippen molar-refractivity contribution in [2.24, 2.45) is 0 Å². The smallest absolute Gasteiger partial charge is 0.255 e. The Balaban J connectivity index is 2.17. The number of hydrogen-bond acceptors (Lipinski definition) is 2. The summed E-state index contributed by atoms with van der Waals surface area (Å²) in [5.74, 6) is -0.200. The summed E-state index contributed by atoms with van der Waals surface area (Å²) in [5.41, 5.74) is 2.54. The third-order valence-corrected chi connectivity index (χ3v) is 4.93. The maximum Gasteiger partial charge on any atom is 0.255 e. The van der Waals surface area contributed by atoms with Crippen LogP contribution in [0.5, 0.6) is 0 Å². The van der Waals surface area contributed by atoms with E-state index in [1.54, 1.807) is 36.1 Å². The van der Waals surface area contributed by atoms with Gasteiger partial charge in [-0.05, 0) is 38.0 Å². The van der Waals surface area contributed by atoms with Gasteiger partial charge in [0.2, 0.25) is 0 Å². The van der Waals surface area contributed by atoms with Crippen LogP contribution in [0.4, 0.5) is 0 Å². The average molecular weight is 319 g/mol. The lowest BCUT2D eigenvalue weighted by atomic mass is 9.75. The first-order valence-corrected chi connectivity index (χ1v) is 8.13. The molecule has 0 spiro atoms. The number of Topliss-reactive ketones (excluding diaryl/α,β-unsaturated/α-hetero) is 1. The van der Waals surface area contributed by atoms with Crippen molar-refractivity contribution in [2.45, 2.75) is 26.3 Å². The van der Waals surface area contributed by atoms with Gasteiger partial charge in [-0.1, -0.05) is 54.6 Å². The highest BCUT2D eigenvalue weighted by Crippen LogP contribution is 2.39. The standard InChI is InChI=1S/C21H21NO2/c1-5-22-20(24)18-9-7-6-8-17(18)19(23)21(22,4)15(3)16-12-10-14(2)11-13-16/h6-13H,3,5H2,1-2,4H3. The van der Waals surface area contributed by atoms with Crippen molar-refractivity contribution in [3.8, 4) is 0 Å². The number of nitrogens with zero attached hydrogens (tertiary/aromatic N) is 1. The van der Waals surface area contributed by atoms with E-state index in [4.69, 9.17) is 0 Å². The van der Waals surface area contributed by atoms with E-state index < -0.39 is 5.54 Å². The van der Waals surface area contributed by atoms with E-state index in [0.29, 0.717) is 23.2 Å². The van der Waals surface area contributed by atoms with Gasteiger partial charge in [0.05, 0.1) is 5.56 Å². The summed E-state index contributed by atoms with van der Waals surface area (Å²) >= 11 is 0. The van der Waals surface area contributed by atoms with Gasteiger partial charge in [0, 0.05) is 12.1 Å². The Bertz CT molecular complexity index is 835. The second kappa shape index (κ2) is 5.75. The lowest BCUT2D eigenvalue weighted by Gasteiger charge is -2.44. The van der Waals surface area contributed by atoms with Crippen molar-refractivity contribution in [1.29, 1.82) is 0 Å². The van der Waals surface area contributed by atoms with Crippen molar-refractivity contribution in [3.63, 3.8) is 0 Å². The van der Waals surface area contributed by atoms with Crippen LogP contribution >= 0.6 is 0 Å². The molecule has 1 aliphatic heterocycles. The minimum atomic E-state index is -1.07. The zero-order valence-corrected chi connectivity index (χ0v) is 14.3. The molecule has 0 radical (unpaired) electrons. The monoisotopic (exact) mass is 319 g/mol. The molecule has 3 heteroatoms. The first-order chi connectivity index (χ1) is 11.4. The highest BCUT2D eigenvalue weighted by atomic mass is 16.2. The number of amides is 1. The van der Waals surface area contributed by atoms with Gasteiger partial charge in [0.25, 0.3) is 5.91 Å². The molecule has 2 aromatic carbocycles. The van der Waals surface area contributed by atoms with Crippen LogP contribution in [0, 0.1) is 6.92 Å². The highest BCUT2D eigenvalue weighted by Gasteiger charge is 2.49. The lowest BCUT2D eigenvalue weighted by molar-refractivity contribution is 0.0518. The van der Waals surface area contributed by atoms with Gasteiger partial charge in [0.1, 0.15) is 5.54 Å². The zero-order valence-electron chi connectivity index (χ0n) is 14.3. The molecule has 24 heavy (non-hydrogen) atoms. The maximum absolute atomic E-state index is 13.3. The fourth-order valence-corrected chi connectivity index (χ4v) is 3.40. The molecule has 3 rings (SSSR count).